The summed E-state index contributed by atoms with van der Waals surface area (Å²) in [5.74, 6) is -0.154. The van der Waals surface area contributed by atoms with Gasteiger partial charge in [0.05, 0.1) is 5.56 Å². The Morgan fingerprint density at radius 2 is 1.55 bits per heavy atom. The normalized spacial score (nSPS) is 17.4. The van der Waals surface area contributed by atoms with E-state index in [0.29, 0.717) is 48.4 Å². The predicted molar refractivity (Wildman–Crippen MR) is 119 cm³/mol. The third kappa shape index (κ3) is 5.26. The number of hydrogen-bond donors (Lipinski definition) is 0. The van der Waals surface area contributed by atoms with Crippen molar-refractivity contribution >= 4 is 29.3 Å². The van der Waals surface area contributed by atoms with E-state index in [-0.39, 0.29) is 5.91 Å². The van der Waals surface area contributed by atoms with E-state index in [1.807, 2.05) is 13.0 Å². The molecule has 0 unspecified atom stereocenters. The fraction of sp³-hybridized carbons (Fsp3) is 0.500. The molecule has 0 atom stereocenters. The third-order valence-corrected chi connectivity index (χ3v) is 6.50. The fourth-order valence-electron chi connectivity index (χ4n) is 4.13. The standard InChI is InChI=1S/C22H27F2N5OS/c1-16-25-19(27-9-5-2-6-10-27)15-20(26-16)28-11-13-29(14-12-28)21(30)17-7-3-4-8-18(17)31-22(23)24/h3-4,7-8,15,22H,2,5-6,9-14H2,1H3. The Labute approximate surface area is 185 Å². The van der Waals surface area contributed by atoms with E-state index < -0.39 is 5.76 Å². The number of anilines is 2. The molecule has 0 aliphatic carbocycles. The van der Waals surface area contributed by atoms with Crippen LogP contribution < -0.4 is 9.80 Å². The average Bonchev–Trinajstić information content (AvgIpc) is 2.79. The summed E-state index contributed by atoms with van der Waals surface area (Å²) in [6, 6.07) is 8.64. The van der Waals surface area contributed by atoms with E-state index in [1.54, 1.807) is 29.2 Å². The van der Waals surface area contributed by atoms with Gasteiger partial charge in [0.2, 0.25) is 0 Å². The van der Waals surface area contributed by atoms with Crippen molar-refractivity contribution in [3.63, 3.8) is 0 Å². The van der Waals surface area contributed by atoms with E-state index in [2.05, 4.69) is 19.8 Å². The van der Waals surface area contributed by atoms with E-state index >= 15 is 0 Å². The van der Waals surface area contributed by atoms with Crippen LogP contribution in [0.3, 0.4) is 0 Å². The molecule has 2 fully saturated rings. The maximum absolute atomic E-state index is 13.0. The van der Waals surface area contributed by atoms with Gasteiger partial charge in [-0.15, -0.1) is 0 Å². The third-order valence-electron chi connectivity index (χ3n) is 5.72. The number of aromatic nitrogens is 2. The minimum absolute atomic E-state index is 0.198. The second-order valence-corrected chi connectivity index (χ2v) is 8.87. The van der Waals surface area contributed by atoms with Crippen LogP contribution in [-0.2, 0) is 0 Å². The Morgan fingerprint density at radius 1 is 0.935 bits per heavy atom. The first-order chi connectivity index (χ1) is 15.0. The molecule has 1 aromatic heterocycles. The summed E-state index contributed by atoms with van der Waals surface area (Å²) < 4.78 is 25.7. The zero-order valence-electron chi connectivity index (χ0n) is 17.6. The van der Waals surface area contributed by atoms with Crippen LogP contribution in [-0.4, -0.2) is 65.8 Å². The van der Waals surface area contributed by atoms with Crippen LogP contribution in [0.4, 0.5) is 20.4 Å². The topological polar surface area (TPSA) is 52.6 Å². The van der Waals surface area contributed by atoms with Gasteiger partial charge in [-0.1, -0.05) is 23.9 Å². The SMILES string of the molecule is Cc1nc(N2CCCCC2)cc(N2CCN(C(=O)c3ccccc3SC(F)F)CC2)n1. The number of nitrogens with zero attached hydrogens (tertiary/aromatic N) is 5. The second kappa shape index (κ2) is 9.80. The number of amides is 1. The number of carbonyl (C=O) groups is 1. The van der Waals surface area contributed by atoms with Crippen LogP contribution >= 0.6 is 11.8 Å². The number of aryl methyl sites for hydroxylation is 1. The minimum Gasteiger partial charge on any atom is -0.356 e. The van der Waals surface area contributed by atoms with Gasteiger partial charge in [-0.3, -0.25) is 4.79 Å². The molecule has 1 aromatic carbocycles. The summed E-state index contributed by atoms with van der Waals surface area (Å²) in [5, 5.41) is 0. The van der Waals surface area contributed by atoms with Crippen molar-refractivity contribution in [1.29, 1.82) is 0 Å². The van der Waals surface area contributed by atoms with Gasteiger partial charge >= 0.3 is 0 Å². The van der Waals surface area contributed by atoms with E-state index in [9.17, 15) is 13.6 Å². The highest BCUT2D eigenvalue weighted by molar-refractivity contribution is 7.99. The smallest absolute Gasteiger partial charge is 0.288 e. The number of rotatable bonds is 5. The van der Waals surface area contributed by atoms with Crippen LogP contribution in [0.1, 0.15) is 35.4 Å². The van der Waals surface area contributed by atoms with Gasteiger partial charge in [-0.05, 0) is 38.3 Å². The van der Waals surface area contributed by atoms with Crippen LogP contribution in [0.25, 0.3) is 0 Å². The summed E-state index contributed by atoms with van der Waals surface area (Å²) in [7, 11) is 0. The molecule has 0 radical (unpaired) electrons. The molecule has 0 N–H and O–H groups in total. The van der Waals surface area contributed by atoms with Gasteiger partial charge in [-0.25, -0.2) is 9.97 Å². The Balaban J connectivity index is 1.43. The molecule has 2 aliphatic rings. The first kappa shape index (κ1) is 21.8. The number of piperazine rings is 1. The summed E-state index contributed by atoms with van der Waals surface area (Å²) in [4.78, 5) is 28.8. The summed E-state index contributed by atoms with van der Waals surface area (Å²) >= 11 is 0.419. The molecule has 6 nitrogen and oxygen atoms in total. The van der Waals surface area contributed by atoms with E-state index in [1.165, 1.54) is 19.3 Å². The van der Waals surface area contributed by atoms with E-state index in [0.717, 1.165) is 30.5 Å². The largest absolute Gasteiger partial charge is 0.356 e. The Hall–Kier alpha value is -2.42. The molecule has 4 rings (SSSR count). The maximum Gasteiger partial charge on any atom is 0.288 e. The first-order valence-electron chi connectivity index (χ1n) is 10.7. The van der Waals surface area contributed by atoms with Crippen molar-refractivity contribution in [2.75, 3.05) is 49.1 Å². The number of piperidine rings is 1. The molecule has 3 heterocycles. The predicted octanol–water partition coefficient (Wildman–Crippen LogP) is 4.05. The highest BCUT2D eigenvalue weighted by Crippen LogP contribution is 2.30. The Bertz CT molecular complexity index is 915. The molecule has 1 amide bonds. The molecule has 0 bridgehead atoms. The molecule has 2 aromatic rings. The number of halogens is 2. The number of thioether (sulfide) groups is 1. The van der Waals surface area contributed by atoms with Crippen LogP contribution in [0.2, 0.25) is 0 Å². The second-order valence-electron chi connectivity index (χ2n) is 7.83. The van der Waals surface area contributed by atoms with Gasteiger partial charge in [0, 0.05) is 50.2 Å². The maximum atomic E-state index is 13.0. The van der Waals surface area contributed by atoms with Crippen molar-refractivity contribution in [2.24, 2.45) is 0 Å². The highest BCUT2D eigenvalue weighted by Gasteiger charge is 2.26. The van der Waals surface area contributed by atoms with E-state index in [4.69, 9.17) is 0 Å². The first-order valence-corrected chi connectivity index (χ1v) is 11.6. The lowest BCUT2D eigenvalue weighted by atomic mass is 10.1. The van der Waals surface area contributed by atoms with Crippen LogP contribution in [0.5, 0.6) is 0 Å². The van der Waals surface area contributed by atoms with Crippen molar-refractivity contribution in [3.05, 3.63) is 41.7 Å². The summed E-state index contributed by atoms with van der Waals surface area (Å²) in [5.41, 5.74) is 0.339. The number of alkyl halides is 2. The van der Waals surface area contributed by atoms with Gasteiger partial charge in [0.15, 0.2) is 0 Å². The van der Waals surface area contributed by atoms with Crippen LogP contribution in [0.15, 0.2) is 35.2 Å². The molecule has 0 spiro atoms. The quantitative estimate of drug-likeness (QED) is 0.645. The number of carbonyl (C=O) groups excluding carboxylic acids is 1. The summed E-state index contributed by atoms with van der Waals surface area (Å²) in [6.07, 6.45) is 3.64. The molecule has 2 aliphatic heterocycles. The number of benzene rings is 1. The lowest BCUT2D eigenvalue weighted by Crippen LogP contribution is -2.49. The minimum atomic E-state index is -2.55. The molecule has 2 saturated heterocycles. The summed E-state index contributed by atoms with van der Waals surface area (Å²) in [6.45, 7) is 6.29. The molecule has 0 saturated carbocycles. The molecule has 9 heteroatoms. The molecule has 31 heavy (non-hydrogen) atoms. The van der Waals surface area contributed by atoms with Gasteiger partial charge in [0.25, 0.3) is 11.7 Å². The average molecular weight is 448 g/mol. The van der Waals surface area contributed by atoms with Crippen molar-refractivity contribution < 1.29 is 13.6 Å². The monoisotopic (exact) mass is 447 g/mol. The highest BCUT2D eigenvalue weighted by atomic mass is 32.2. The zero-order valence-corrected chi connectivity index (χ0v) is 18.5. The molecular weight excluding hydrogens is 420 g/mol. The molecule has 166 valence electrons. The van der Waals surface area contributed by atoms with Crippen molar-refractivity contribution in [3.8, 4) is 0 Å². The van der Waals surface area contributed by atoms with Gasteiger partial charge in [-0.2, -0.15) is 8.78 Å². The van der Waals surface area contributed by atoms with Gasteiger partial charge in [0.1, 0.15) is 17.5 Å². The Kier molecular flexibility index (Phi) is 6.89. The fourth-order valence-corrected chi connectivity index (χ4v) is 4.77. The lowest BCUT2D eigenvalue weighted by Gasteiger charge is -2.36. The zero-order chi connectivity index (χ0) is 21.8. The molecular formula is C22H27F2N5OS. The lowest BCUT2D eigenvalue weighted by molar-refractivity contribution is 0.0743. The van der Waals surface area contributed by atoms with Crippen molar-refractivity contribution in [1.82, 2.24) is 14.9 Å². The number of hydrogen-bond acceptors (Lipinski definition) is 6. The van der Waals surface area contributed by atoms with Crippen molar-refractivity contribution in [2.45, 2.75) is 36.8 Å². The van der Waals surface area contributed by atoms with Gasteiger partial charge < -0.3 is 14.7 Å². The Morgan fingerprint density at radius 3 is 2.19 bits per heavy atom. The van der Waals surface area contributed by atoms with Crippen LogP contribution in [0, 0.1) is 6.92 Å².